The van der Waals surface area contributed by atoms with Gasteiger partial charge in [-0.05, 0) is 45.6 Å². The maximum absolute atomic E-state index is 11.0. The molecule has 1 aliphatic rings. The number of carboxylic acids is 1. The van der Waals surface area contributed by atoms with Crippen molar-refractivity contribution >= 4 is 11.7 Å². The molecule has 0 spiro atoms. The first-order valence-electron chi connectivity index (χ1n) is 7.19. The fraction of sp³-hybridized carbons (Fsp3) is 0.562. The summed E-state index contributed by atoms with van der Waals surface area (Å²) in [7, 11) is 0. The molecule has 1 fully saturated rings. The van der Waals surface area contributed by atoms with Crippen LogP contribution in [0.5, 0.6) is 0 Å². The van der Waals surface area contributed by atoms with E-state index in [4.69, 9.17) is 5.11 Å². The summed E-state index contributed by atoms with van der Waals surface area (Å²) >= 11 is 0. The molecule has 4 nitrogen and oxygen atoms in total. The largest absolute Gasteiger partial charge is 0.481 e. The fourth-order valence-electron chi connectivity index (χ4n) is 2.85. The molecular weight excluding hydrogens is 254 g/mol. The average molecular weight is 277 g/mol. The van der Waals surface area contributed by atoms with E-state index >= 15 is 0 Å². The van der Waals surface area contributed by atoms with Crippen LogP contribution in [0.25, 0.3) is 0 Å². The van der Waals surface area contributed by atoms with Crippen molar-refractivity contribution in [2.75, 3.05) is 5.32 Å². The first-order valence-corrected chi connectivity index (χ1v) is 7.19. The van der Waals surface area contributed by atoms with Crippen LogP contribution in [0, 0.1) is 5.92 Å². The van der Waals surface area contributed by atoms with Gasteiger partial charge in [0.2, 0.25) is 0 Å². The van der Waals surface area contributed by atoms with Gasteiger partial charge >= 0.3 is 5.97 Å². The van der Waals surface area contributed by atoms with Crippen molar-refractivity contribution in [2.45, 2.75) is 51.2 Å². The zero-order valence-electron chi connectivity index (χ0n) is 12.1. The number of anilines is 1. The monoisotopic (exact) mass is 277 g/mol. The van der Waals surface area contributed by atoms with Crippen LogP contribution in [0.4, 0.5) is 5.69 Å². The minimum absolute atomic E-state index is 0.197. The molecule has 0 atom stereocenters. The number of rotatable bonds is 4. The van der Waals surface area contributed by atoms with Gasteiger partial charge in [0.25, 0.3) is 0 Å². The van der Waals surface area contributed by atoms with Gasteiger partial charge in [-0.25, -0.2) is 0 Å². The summed E-state index contributed by atoms with van der Waals surface area (Å²) in [4.78, 5) is 11.0. The third-order valence-electron chi connectivity index (χ3n) is 4.02. The summed E-state index contributed by atoms with van der Waals surface area (Å²) < 4.78 is 0. The zero-order chi connectivity index (χ0) is 14.8. The van der Waals surface area contributed by atoms with E-state index in [-0.39, 0.29) is 12.0 Å². The first kappa shape index (κ1) is 14.9. The lowest BCUT2D eigenvalue weighted by molar-refractivity contribution is -0.142. The van der Waals surface area contributed by atoms with Crippen LogP contribution in [0.1, 0.15) is 45.1 Å². The molecular formula is C16H23NO3. The number of benzene rings is 1. The lowest BCUT2D eigenvalue weighted by Crippen LogP contribution is -2.30. The summed E-state index contributed by atoms with van der Waals surface area (Å²) in [5.41, 5.74) is 0.932. The van der Waals surface area contributed by atoms with Crippen molar-refractivity contribution in [1.29, 1.82) is 0 Å². The van der Waals surface area contributed by atoms with E-state index in [1.165, 1.54) is 0 Å². The second kappa shape index (κ2) is 5.83. The minimum atomic E-state index is -0.887. The zero-order valence-corrected chi connectivity index (χ0v) is 12.1. The second-order valence-corrected chi connectivity index (χ2v) is 6.14. The molecule has 0 heterocycles. The number of carbonyl (C=O) groups is 1. The Morgan fingerprint density at radius 3 is 2.35 bits per heavy atom. The van der Waals surface area contributed by atoms with Crippen LogP contribution in [0.3, 0.4) is 0 Å². The molecule has 0 bridgehead atoms. The third kappa shape index (κ3) is 3.51. The third-order valence-corrected chi connectivity index (χ3v) is 4.02. The van der Waals surface area contributed by atoms with Crippen LogP contribution in [-0.4, -0.2) is 22.2 Å². The highest BCUT2D eigenvalue weighted by molar-refractivity contribution is 5.70. The van der Waals surface area contributed by atoms with E-state index < -0.39 is 11.6 Å². The molecule has 110 valence electrons. The number of para-hydroxylation sites is 1. The van der Waals surface area contributed by atoms with Gasteiger partial charge in [-0.3, -0.25) is 4.79 Å². The van der Waals surface area contributed by atoms with E-state index in [1.807, 2.05) is 24.3 Å². The second-order valence-electron chi connectivity index (χ2n) is 6.14. The molecule has 4 heteroatoms. The summed E-state index contributed by atoms with van der Waals surface area (Å²) in [5.74, 6) is -0.877. The maximum Gasteiger partial charge on any atom is 0.306 e. The molecule has 0 aliphatic heterocycles. The number of carboxylic acid groups (broad SMARTS) is 1. The molecule has 0 aromatic heterocycles. The molecule has 1 saturated carbocycles. The smallest absolute Gasteiger partial charge is 0.306 e. The Morgan fingerprint density at radius 2 is 1.80 bits per heavy atom. The van der Waals surface area contributed by atoms with Gasteiger partial charge in [0.15, 0.2) is 0 Å². The number of aliphatic carboxylic acids is 1. The highest BCUT2D eigenvalue weighted by Crippen LogP contribution is 2.31. The van der Waals surface area contributed by atoms with Crippen LogP contribution < -0.4 is 5.32 Å². The van der Waals surface area contributed by atoms with E-state index in [9.17, 15) is 9.90 Å². The molecule has 1 aromatic carbocycles. The Kier molecular flexibility index (Phi) is 4.33. The molecule has 0 unspecified atom stereocenters. The molecule has 20 heavy (non-hydrogen) atoms. The van der Waals surface area contributed by atoms with Crippen molar-refractivity contribution in [3.8, 4) is 0 Å². The molecule has 0 radical (unpaired) electrons. The van der Waals surface area contributed by atoms with Crippen LogP contribution in [-0.2, 0) is 10.4 Å². The predicted molar refractivity (Wildman–Crippen MR) is 78.7 cm³/mol. The SMILES string of the molecule is CC(C)(O)c1ccccc1NC1CCC(C(=O)O)CC1. The first-order chi connectivity index (χ1) is 9.38. The lowest BCUT2D eigenvalue weighted by atomic mass is 9.85. The molecule has 1 aromatic rings. The van der Waals surface area contributed by atoms with Crippen molar-refractivity contribution < 1.29 is 15.0 Å². The Balaban J connectivity index is 2.03. The normalized spacial score (nSPS) is 23.4. The van der Waals surface area contributed by atoms with Crippen LogP contribution >= 0.6 is 0 Å². The Hall–Kier alpha value is -1.55. The predicted octanol–water partition coefficient (Wildman–Crippen LogP) is 2.97. The average Bonchev–Trinajstić information content (AvgIpc) is 2.38. The quantitative estimate of drug-likeness (QED) is 0.791. The van der Waals surface area contributed by atoms with Crippen molar-refractivity contribution in [3.05, 3.63) is 29.8 Å². The number of hydrogen-bond donors (Lipinski definition) is 3. The van der Waals surface area contributed by atoms with Gasteiger partial charge in [-0.2, -0.15) is 0 Å². The van der Waals surface area contributed by atoms with Gasteiger partial charge in [0, 0.05) is 17.3 Å². The van der Waals surface area contributed by atoms with E-state index in [1.54, 1.807) is 13.8 Å². The molecule has 0 saturated heterocycles. The van der Waals surface area contributed by atoms with Crippen LogP contribution in [0.15, 0.2) is 24.3 Å². The Labute approximate surface area is 119 Å². The van der Waals surface area contributed by atoms with E-state index in [0.29, 0.717) is 0 Å². The van der Waals surface area contributed by atoms with Gasteiger partial charge < -0.3 is 15.5 Å². The maximum atomic E-state index is 11.0. The Bertz CT molecular complexity index is 471. The molecule has 3 N–H and O–H groups in total. The highest BCUT2D eigenvalue weighted by Gasteiger charge is 2.27. The van der Waals surface area contributed by atoms with Crippen LogP contribution in [0.2, 0.25) is 0 Å². The highest BCUT2D eigenvalue weighted by atomic mass is 16.4. The number of nitrogens with one attached hydrogen (secondary N) is 1. The molecule has 1 aliphatic carbocycles. The summed E-state index contributed by atoms with van der Waals surface area (Å²) in [6.45, 7) is 3.55. The minimum Gasteiger partial charge on any atom is -0.481 e. The summed E-state index contributed by atoms with van der Waals surface area (Å²) in [6.07, 6.45) is 3.16. The van der Waals surface area contributed by atoms with E-state index in [2.05, 4.69) is 5.32 Å². The number of aliphatic hydroxyl groups is 1. The molecule has 0 amide bonds. The number of hydrogen-bond acceptors (Lipinski definition) is 3. The standard InChI is InChI=1S/C16H23NO3/c1-16(2,20)13-5-3-4-6-14(13)17-12-9-7-11(8-10-12)15(18)19/h3-6,11-12,17,20H,7-10H2,1-2H3,(H,18,19). The lowest BCUT2D eigenvalue weighted by Gasteiger charge is -2.30. The Morgan fingerprint density at radius 1 is 1.20 bits per heavy atom. The van der Waals surface area contributed by atoms with Gasteiger partial charge in [-0.1, -0.05) is 18.2 Å². The van der Waals surface area contributed by atoms with Crippen molar-refractivity contribution in [2.24, 2.45) is 5.92 Å². The summed E-state index contributed by atoms with van der Waals surface area (Å²) in [5, 5.41) is 22.7. The van der Waals surface area contributed by atoms with Crippen molar-refractivity contribution in [1.82, 2.24) is 0 Å². The van der Waals surface area contributed by atoms with Gasteiger partial charge in [0.1, 0.15) is 0 Å². The topological polar surface area (TPSA) is 69.6 Å². The van der Waals surface area contributed by atoms with Crippen molar-refractivity contribution in [3.63, 3.8) is 0 Å². The van der Waals surface area contributed by atoms with Gasteiger partial charge in [-0.15, -0.1) is 0 Å². The molecule has 2 rings (SSSR count). The van der Waals surface area contributed by atoms with E-state index in [0.717, 1.165) is 36.9 Å². The summed E-state index contributed by atoms with van der Waals surface area (Å²) in [6, 6.07) is 8.04. The van der Waals surface area contributed by atoms with Gasteiger partial charge in [0.05, 0.1) is 11.5 Å². The fourth-order valence-corrected chi connectivity index (χ4v) is 2.85.